The molecule has 248 valence electrons. The molecule has 4 aliphatic rings. The van der Waals surface area contributed by atoms with Gasteiger partial charge in [-0.25, -0.2) is 0 Å². The van der Waals surface area contributed by atoms with Crippen LogP contribution in [0.1, 0.15) is 38.4 Å². The number of hydrogen-bond acceptors (Lipinski definition) is 8. The van der Waals surface area contributed by atoms with Crippen LogP contribution in [0.2, 0.25) is 0 Å². The fraction of sp³-hybridized carbons (Fsp3) is 0.444. The number of hydrogen-bond donors (Lipinski definition) is 2. The van der Waals surface area contributed by atoms with E-state index in [1.54, 1.807) is 60.6 Å². The second kappa shape index (κ2) is 13.3. The molecule has 2 aromatic carbocycles. The van der Waals surface area contributed by atoms with Crippen molar-refractivity contribution in [3.63, 3.8) is 0 Å². The number of rotatable bonds is 6. The quantitative estimate of drug-likeness (QED) is 0.363. The van der Waals surface area contributed by atoms with Crippen LogP contribution in [0.25, 0.3) is 0 Å². The smallest absolute Gasteiger partial charge is 0.313 e. The third-order valence-electron chi connectivity index (χ3n) is 9.68. The highest BCUT2D eigenvalue weighted by Gasteiger charge is 2.72. The molecule has 2 saturated heterocycles. The molecule has 0 aliphatic carbocycles. The number of fused-ring (bicyclic) bond motifs is 2. The summed E-state index contributed by atoms with van der Waals surface area (Å²) >= 11 is 0. The molecular weight excluding hydrogens is 602 g/mol. The first-order valence-corrected chi connectivity index (χ1v) is 16.1. The van der Waals surface area contributed by atoms with Crippen LogP contribution in [-0.2, 0) is 28.7 Å². The Labute approximate surface area is 274 Å². The van der Waals surface area contributed by atoms with Gasteiger partial charge in [0.15, 0.2) is 0 Å². The van der Waals surface area contributed by atoms with Crippen molar-refractivity contribution in [1.29, 1.82) is 0 Å². The molecule has 2 aromatic rings. The van der Waals surface area contributed by atoms with Crippen molar-refractivity contribution < 1.29 is 38.5 Å². The summed E-state index contributed by atoms with van der Waals surface area (Å²) in [5.41, 5.74) is -0.228. The molecule has 0 aromatic heterocycles. The number of likely N-dealkylation sites (tertiary alicyclic amines) is 1. The van der Waals surface area contributed by atoms with Crippen molar-refractivity contribution in [2.45, 2.75) is 56.6 Å². The number of nitrogens with one attached hydrogen (secondary N) is 1. The molecular formula is C36H41N3O8. The van der Waals surface area contributed by atoms with Crippen LogP contribution in [0, 0.1) is 17.8 Å². The van der Waals surface area contributed by atoms with Gasteiger partial charge in [-0.05, 0) is 42.2 Å². The number of amides is 3. The Morgan fingerprint density at radius 1 is 1.02 bits per heavy atom. The monoisotopic (exact) mass is 643 g/mol. The van der Waals surface area contributed by atoms with E-state index < -0.39 is 53.6 Å². The maximum Gasteiger partial charge on any atom is 0.313 e. The van der Waals surface area contributed by atoms with Gasteiger partial charge in [-0.2, -0.15) is 0 Å². The van der Waals surface area contributed by atoms with E-state index in [4.69, 9.17) is 14.2 Å². The van der Waals surface area contributed by atoms with E-state index in [0.717, 1.165) is 0 Å². The standard InChI is InChI=1S/C36H41N3O8/c1-22(2)26(21-40)39-32-34(43)38(24-14-16-25(45-3)17-15-24)19-9-18-36(32)31(33(39)42)30-27(47-36)12-7-8-13-29(41)37-20-28(46-35(30)44)23-10-5-4-6-11-23/h4-7,9-12,14-18,22,26-28,30-32,40H,8,13,19-21H2,1-3H3,(H,37,41)/b12-7-/t26-,27-,28+,30+,31+,32-,36+/m0/s1. The Morgan fingerprint density at radius 2 is 1.77 bits per heavy atom. The summed E-state index contributed by atoms with van der Waals surface area (Å²) in [5.74, 6) is -3.46. The minimum Gasteiger partial charge on any atom is -0.497 e. The van der Waals surface area contributed by atoms with Gasteiger partial charge in [-0.15, -0.1) is 0 Å². The fourth-order valence-corrected chi connectivity index (χ4v) is 7.32. The molecule has 47 heavy (non-hydrogen) atoms. The zero-order valence-corrected chi connectivity index (χ0v) is 26.8. The Bertz CT molecular complexity index is 1560. The van der Waals surface area contributed by atoms with E-state index in [0.29, 0.717) is 23.4 Å². The van der Waals surface area contributed by atoms with Crippen LogP contribution >= 0.6 is 0 Å². The van der Waals surface area contributed by atoms with E-state index in [9.17, 15) is 24.3 Å². The number of aliphatic hydroxyl groups excluding tert-OH is 1. The van der Waals surface area contributed by atoms with E-state index >= 15 is 0 Å². The highest BCUT2D eigenvalue weighted by Crippen LogP contribution is 2.54. The molecule has 0 radical (unpaired) electrons. The van der Waals surface area contributed by atoms with Crippen molar-refractivity contribution in [3.8, 4) is 5.75 Å². The summed E-state index contributed by atoms with van der Waals surface area (Å²) in [5, 5.41) is 13.4. The molecule has 7 atom stereocenters. The van der Waals surface area contributed by atoms with Crippen LogP contribution in [0.3, 0.4) is 0 Å². The molecule has 6 rings (SSSR count). The zero-order chi connectivity index (χ0) is 33.3. The van der Waals surface area contributed by atoms with Gasteiger partial charge in [0.2, 0.25) is 11.8 Å². The van der Waals surface area contributed by atoms with Crippen molar-refractivity contribution in [3.05, 3.63) is 84.5 Å². The van der Waals surface area contributed by atoms with E-state index in [2.05, 4.69) is 5.32 Å². The predicted octanol–water partition coefficient (Wildman–Crippen LogP) is 2.95. The number of carbonyl (C=O) groups excluding carboxylic acids is 4. The van der Waals surface area contributed by atoms with Gasteiger partial charge in [-0.1, -0.05) is 68.5 Å². The molecule has 0 unspecified atom stereocenters. The lowest BCUT2D eigenvalue weighted by atomic mass is 9.77. The lowest BCUT2D eigenvalue weighted by molar-refractivity contribution is -0.160. The highest BCUT2D eigenvalue weighted by molar-refractivity contribution is 6.05. The van der Waals surface area contributed by atoms with Gasteiger partial charge < -0.3 is 34.4 Å². The van der Waals surface area contributed by atoms with Gasteiger partial charge in [0.05, 0.1) is 38.3 Å². The lowest BCUT2D eigenvalue weighted by Gasteiger charge is -2.39. The lowest BCUT2D eigenvalue weighted by Crippen LogP contribution is -2.59. The zero-order valence-electron chi connectivity index (χ0n) is 26.8. The van der Waals surface area contributed by atoms with Crippen LogP contribution < -0.4 is 15.0 Å². The summed E-state index contributed by atoms with van der Waals surface area (Å²) in [7, 11) is 1.56. The average molecular weight is 644 g/mol. The van der Waals surface area contributed by atoms with E-state index in [1.807, 2.05) is 44.2 Å². The Hall–Kier alpha value is -4.48. The Kier molecular flexibility index (Phi) is 9.20. The first-order valence-electron chi connectivity index (χ1n) is 16.1. The van der Waals surface area contributed by atoms with Gasteiger partial charge in [0.25, 0.3) is 5.91 Å². The van der Waals surface area contributed by atoms with Gasteiger partial charge >= 0.3 is 5.97 Å². The molecule has 11 heteroatoms. The first kappa shape index (κ1) is 32.5. The number of carbonyl (C=O) groups is 4. The Balaban J connectivity index is 1.45. The summed E-state index contributed by atoms with van der Waals surface area (Å²) in [4.78, 5) is 59.4. The molecule has 2 fully saturated rings. The molecule has 4 heterocycles. The molecule has 3 amide bonds. The number of ether oxygens (including phenoxy) is 3. The van der Waals surface area contributed by atoms with Crippen molar-refractivity contribution in [2.75, 3.05) is 31.7 Å². The van der Waals surface area contributed by atoms with Crippen molar-refractivity contribution in [2.24, 2.45) is 17.8 Å². The number of esters is 1. The van der Waals surface area contributed by atoms with Gasteiger partial charge in [0.1, 0.15) is 29.4 Å². The summed E-state index contributed by atoms with van der Waals surface area (Å²) in [6.07, 6.45) is 5.92. The normalized spacial score (nSPS) is 30.7. The SMILES string of the molecule is COc1ccc(N2CC=C[C@@]34O[C@H]5/C=C\CCC(=O)NC[C@H](c6ccccc6)OC(=O)[C@H]5[C@@H]3C(=O)N([C@@H](CO)C(C)C)[C@H]4C2=O)cc1. The van der Waals surface area contributed by atoms with E-state index in [1.165, 1.54) is 4.90 Å². The van der Waals surface area contributed by atoms with Crippen LogP contribution in [0.5, 0.6) is 5.75 Å². The average Bonchev–Trinajstić information content (AvgIpc) is 3.46. The van der Waals surface area contributed by atoms with Crippen LogP contribution in [0.15, 0.2) is 78.9 Å². The maximum atomic E-state index is 14.7. The first-order chi connectivity index (χ1) is 22.7. The maximum absolute atomic E-state index is 14.7. The molecule has 0 saturated carbocycles. The fourth-order valence-electron chi connectivity index (χ4n) is 7.32. The second-order valence-corrected chi connectivity index (χ2v) is 12.7. The topological polar surface area (TPSA) is 135 Å². The number of methoxy groups -OCH3 is 1. The number of cyclic esters (lactones) is 1. The van der Waals surface area contributed by atoms with Gasteiger partial charge in [-0.3, -0.25) is 19.2 Å². The van der Waals surface area contributed by atoms with Crippen molar-refractivity contribution >= 4 is 29.4 Å². The number of allylic oxidation sites excluding steroid dienone is 1. The number of nitrogens with zero attached hydrogens (tertiary/aromatic N) is 2. The number of anilines is 1. The predicted molar refractivity (Wildman–Crippen MR) is 172 cm³/mol. The highest BCUT2D eigenvalue weighted by atomic mass is 16.6. The summed E-state index contributed by atoms with van der Waals surface area (Å²) < 4.78 is 18.2. The third kappa shape index (κ3) is 5.82. The minimum absolute atomic E-state index is 0.0597. The molecule has 4 aliphatic heterocycles. The number of aliphatic hydroxyl groups is 1. The van der Waals surface area contributed by atoms with Crippen molar-refractivity contribution in [1.82, 2.24) is 10.2 Å². The number of benzene rings is 2. The van der Waals surface area contributed by atoms with Gasteiger partial charge in [0, 0.05) is 18.7 Å². The third-order valence-corrected chi connectivity index (χ3v) is 9.68. The summed E-state index contributed by atoms with van der Waals surface area (Å²) in [6.45, 7) is 3.64. The minimum atomic E-state index is -1.52. The largest absolute Gasteiger partial charge is 0.497 e. The molecule has 11 nitrogen and oxygen atoms in total. The molecule has 1 spiro atoms. The Morgan fingerprint density at radius 3 is 2.45 bits per heavy atom. The van der Waals surface area contributed by atoms with Crippen LogP contribution in [0.4, 0.5) is 5.69 Å². The molecule has 0 bridgehead atoms. The molecule has 2 N–H and O–H groups in total. The summed E-state index contributed by atoms with van der Waals surface area (Å²) in [6, 6.07) is 14.3. The van der Waals surface area contributed by atoms with Crippen LogP contribution in [-0.4, -0.2) is 84.3 Å². The van der Waals surface area contributed by atoms with E-state index in [-0.39, 0.29) is 43.8 Å². The second-order valence-electron chi connectivity index (χ2n) is 12.7.